The predicted octanol–water partition coefficient (Wildman–Crippen LogP) is 4.20. The molecule has 0 radical (unpaired) electrons. The number of hydrogen-bond acceptors (Lipinski definition) is 6. The molecule has 1 aromatic rings. The van der Waals surface area contributed by atoms with Gasteiger partial charge in [-0.3, -0.25) is 9.59 Å². The van der Waals surface area contributed by atoms with Gasteiger partial charge in [-0.05, 0) is 57.6 Å². The number of nitrogens with one attached hydrogen (secondary N) is 1. The molecule has 1 unspecified atom stereocenters. The number of hydrogen-bond donors (Lipinski definition) is 3. The highest BCUT2D eigenvalue weighted by Crippen LogP contribution is 2.21. The van der Waals surface area contributed by atoms with Crippen molar-refractivity contribution in [1.29, 1.82) is 0 Å². The first-order chi connectivity index (χ1) is 14.4. The lowest BCUT2D eigenvalue weighted by Crippen LogP contribution is -2.31. The molecule has 0 aliphatic rings. The van der Waals surface area contributed by atoms with Crippen molar-refractivity contribution < 1.29 is 24.1 Å². The van der Waals surface area contributed by atoms with Gasteiger partial charge in [0.1, 0.15) is 5.92 Å². The summed E-state index contributed by atoms with van der Waals surface area (Å²) < 4.78 is 5.09. The number of ether oxygens (including phenoxy) is 1. The number of nitrogen functional groups attached to an aromatic ring is 2. The van der Waals surface area contributed by atoms with Crippen LogP contribution in [0, 0.1) is 5.92 Å². The molecular formula is C23H50N4O4. The van der Waals surface area contributed by atoms with Crippen LogP contribution in [0.25, 0.3) is 0 Å². The van der Waals surface area contributed by atoms with E-state index in [1.807, 2.05) is 13.8 Å². The van der Waals surface area contributed by atoms with Crippen LogP contribution in [0.2, 0.25) is 0 Å². The lowest BCUT2D eigenvalue weighted by molar-refractivity contribution is -0.151. The van der Waals surface area contributed by atoms with Crippen molar-refractivity contribution in [3.05, 3.63) is 18.2 Å². The molecule has 1 amide bonds. The van der Waals surface area contributed by atoms with Crippen molar-refractivity contribution in [3.63, 3.8) is 0 Å². The maximum Gasteiger partial charge on any atom is 0.318 e. The van der Waals surface area contributed by atoms with E-state index in [1.54, 1.807) is 25.1 Å². The van der Waals surface area contributed by atoms with Gasteiger partial charge in [-0.1, -0.05) is 47.0 Å². The van der Waals surface area contributed by atoms with Crippen molar-refractivity contribution in [3.8, 4) is 0 Å². The lowest BCUT2D eigenvalue weighted by Gasteiger charge is -2.18. The van der Waals surface area contributed by atoms with E-state index in [4.69, 9.17) is 16.2 Å². The fourth-order valence-electron chi connectivity index (χ4n) is 3.06. The molecule has 0 aliphatic carbocycles. The van der Waals surface area contributed by atoms with E-state index in [0.29, 0.717) is 23.5 Å². The fraction of sp³-hybridized carbons (Fsp3) is 0.652. The normalized spacial score (nSPS) is 11.0. The average molecular weight is 447 g/mol. The number of rotatable bonds is 13. The highest BCUT2D eigenvalue weighted by Gasteiger charge is 2.27. The molecule has 0 bridgehead atoms. The maximum absolute atomic E-state index is 12.6. The lowest BCUT2D eigenvalue weighted by atomic mass is 9.99. The molecule has 0 saturated carbocycles. The molecule has 0 aromatic heterocycles. The van der Waals surface area contributed by atoms with Crippen molar-refractivity contribution in [2.45, 2.75) is 66.7 Å². The van der Waals surface area contributed by atoms with Crippen molar-refractivity contribution >= 4 is 28.9 Å². The zero-order chi connectivity index (χ0) is 22.9. The standard InChI is InChI=1S/C21H36N4O3.C2H6.H2O.3H2/c1-4-25(5-2)14-10-8-7-9-11-17(21(27)28-6-3)20(26)24-16-12-13-18(22)19(23)15-16;1-2;;;;/h12-13,15,17H,4-11,14,22-23H2,1-3H3,(H,24,26);1-2H3;1H2;3*1H. The van der Waals surface area contributed by atoms with Crippen LogP contribution in [0.4, 0.5) is 17.1 Å². The van der Waals surface area contributed by atoms with Crippen LogP contribution in [0.5, 0.6) is 0 Å². The average Bonchev–Trinajstić information content (AvgIpc) is 2.74. The monoisotopic (exact) mass is 446 g/mol. The number of unbranched alkanes of at least 4 members (excludes halogenated alkanes) is 3. The van der Waals surface area contributed by atoms with Crippen LogP contribution in [0.1, 0.15) is 71.0 Å². The summed E-state index contributed by atoms with van der Waals surface area (Å²) in [6.45, 7) is 13.5. The third-order valence-electron chi connectivity index (χ3n) is 4.85. The SMILES string of the molecule is CC.CCOC(=O)C(CCCCCCN(CC)CC)C(=O)Nc1ccc(N)c(N)c1.O.[HH].[HH].[HH]. The minimum Gasteiger partial charge on any atom is -0.465 e. The number of carbonyl (C=O) groups is 2. The van der Waals surface area contributed by atoms with Gasteiger partial charge in [0.2, 0.25) is 5.91 Å². The second-order valence-electron chi connectivity index (χ2n) is 6.87. The van der Waals surface area contributed by atoms with Crippen LogP contribution in [-0.4, -0.2) is 48.5 Å². The van der Waals surface area contributed by atoms with E-state index in [9.17, 15) is 9.59 Å². The summed E-state index contributed by atoms with van der Waals surface area (Å²) in [5.74, 6) is -1.67. The molecule has 1 aromatic carbocycles. The number of carbonyl (C=O) groups excluding carboxylic acids is 2. The quantitative estimate of drug-likeness (QED) is 0.179. The smallest absolute Gasteiger partial charge is 0.318 e. The number of nitrogens with zero attached hydrogens (tertiary/aromatic N) is 1. The third kappa shape index (κ3) is 12.2. The van der Waals surface area contributed by atoms with E-state index in [0.717, 1.165) is 45.3 Å². The Labute approximate surface area is 192 Å². The highest BCUT2D eigenvalue weighted by molar-refractivity contribution is 6.05. The Morgan fingerprint density at radius 2 is 1.65 bits per heavy atom. The zero-order valence-corrected chi connectivity index (χ0v) is 20.0. The summed E-state index contributed by atoms with van der Waals surface area (Å²) in [7, 11) is 0. The van der Waals surface area contributed by atoms with Gasteiger partial charge in [0.05, 0.1) is 18.0 Å². The topological polar surface area (TPSA) is 142 Å². The summed E-state index contributed by atoms with van der Waals surface area (Å²) in [6, 6.07) is 4.88. The van der Waals surface area contributed by atoms with Gasteiger partial charge in [0, 0.05) is 9.97 Å². The summed E-state index contributed by atoms with van der Waals surface area (Å²) in [5, 5.41) is 2.75. The summed E-state index contributed by atoms with van der Waals surface area (Å²) >= 11 is 0. The summed E-state index contributed by atoms with van der Waals surface area (Å²) in [5.41, 5.74) is 12.8. The Hall–Kier alpha value is -2.32. The Bertz CT molecular complexity index is 636. The Balaban J connectivity index is -0.000000454. The van der Waals surface area contributed by atoms with Gasteiger partial charge in [0.25, 0.3) is 0 Å². The van der Waals surface area contributed by atoms with Gasteiger partial charge in [-0.2, -0.15) is 0 Å². The predicted molar refractivity (Wildman–Crippen MR) is 136 cm³/mol. The van der Waals surface area contributed by atoms with Crippen molar-refractivity contribution in [1.82, 2.24) is 4.90 Å². The molecule has 186 valence electrons. The van der Waals surface area contributed by atoms with Gasteiger partial charge < -0.3 is 31.9 Å². The van der Waals surface area contributed by atoms with Crippen LogP contribution < -0.4 is 16.8 Å². The fourth-order valence-corrected chi connectivity index (χ4v) is 3.06. The summed E-state index contributed by atoms with van der Waals surface area (Å²) in [6.07, 6.45) is 4.48. The molecular weight excluding hydrogens is 396 g/mol. The molecule has 8 heteroatoms. The Kier molecular flexibility index (Phi) is 18.4. The van der Waals surface area contributed by atoms with Crippen molar-refractivity contribution in [2.24, 2.45) is 5.92 Å². The van der Waals surface area contributed by atoms with Crippen molar-refractivity contribution in [2.75, 3.05) is 43.0 Å². The van der Waals surface area contributed by atoms with E-state index in [2.05, 4.69) is 24.1 Å². The zero-order valence-electron chi connectivity index (χ0n) is 20.0. The first-order valence-electron chi connectivity index (χ1n) is 11.3. The molecule has 1 rings (SSSR count). The third-order valence-corrected chi connectivity index (χ3v) is 4.85. The Morgan fingerprint density at radius 3 is 2.19 bits per heavy atom. The molecule has 0 aliphatic heterocycles. The number of benzene rings is 1. The maximum atomic E-state index is 12.6. The molecule has 0 fully saturated rings. The molecule has 7 N–H and O–H groups in total. The first kappa shape index (κ1) is 30.9. The van der Waals surface area contributed by atoms with E-state index < -0.39 is 11.9 Å². The number of anilines is 3. The summed E-state index contributed by atoms with van der Waals surface area (Å²) in [4.78, 5) is 27.3. The number of esters is 1. The largest absolute Gasteiger partial charge is 0.465 e. The van der Waals surface area contributed by atoms with Gasteiger partial charge in [-0.15, -0.1) is 0 Å². The van der Waals surface area contributed by atoms with Crippen LogP contribution in [0.3, 0.4) is 0 Å². The number of nitrogens with two attached hydrogens (primary N) is 2. The molecule has 1 atom stereocenters. The van der Waals surface area contributed by atoms with Crippen LogP contribution in [0.15, 0.2) is 18.2 Å². The molecule has 0 heterocycles. The minimum absolute atomic E-state index is 0. The van der Waals surface area contributed by atoms with Crippen LogP contribution in [-0.2, 0) is 14.3 Å². The second kappa shape index (κ2) is 18.4. The minimum atomic E-state index is -0.818. The van der Waals surface area contributed by atoms with E-state index >= 15 is 0 Å². The van der Waals surface area contributed by atoms with Crippen LogP contribution >= 0.6 is 0 Å². The van der Waals surface area contributed by atoms with Gasteiger partial charge in [0.15, 0.2) is 0 Å². The molecule has 0 saturated heterocycles. The first-order valence-corrected chi connectivity index (χ1v) is 11.3. The molecule has 8 nitrogen and oxygen atoms in total. The highest BCUT2D eigenvalue weighted by atomic mass is 16.5. The van der Waals surface area contributed by atoms with Gasteiger partial charge in [-0.25, -0.2) is 0 Å². The number of amides is 1. The van der Waals surface area contributed by atoms with E-state index in [-0.39, 0.29) is 22.3 Å². The van der Waals surface area contributed by atoms with E-state index in [1.165, 1.54) is 0 Å². The second-order valence-corrected chi connectivity index (χ2v) is 6.87. The van der Waals surface area contributed by atoms with Gasteiger partial charge >= 0.3 is 5.97 Å². The molecule has 0 spiro atoms. The Morgan fingerprint density at radius 1 is 1.03 bits per heavy atom. The molecule has 31 heavy (non-hydrogen) atoms.